The number of nitrogens with two attached hydrogens (primary N) is 1. The molecule has 0 fully saturated rings. The van der Waals surface area contributed by atoms with E-state index >= 15 is 0 Å². The smallest absolute Gasteiger partial charge is 0.262 e. The van der Waals surface area contributed by atoms with Crippen molar-refractivity contribution < 1.29 is 13.2 Å². The molecule has 0 aliphatic heterocycles. The molecule has 1 heterocycles. The fraction of sp³-hybridized carbons (Fsp3) is 0.250. The minimum atomic E-state index is -3.95. The summed E-state index contributed by atoms with van der Waals surface area (Å²) in [5.74, 6) is -0.434. The van der Waals surface area contributed by atoms with Crippen molar-refractivity contribution >= 4 is 27.3 Å². The van der Waals surface area contributed by atoms with Gasteiger partial charge in [0.1, 0.15) is 4.90 Å². The van der Waals surface area contributed by atoms with Gasteiger partial charge >= 0.3 is 0 Å². The molecule has 7 nitrogen and oxygen atoms in total. The van der Waals surface area contributed by atoms with Gasteiger partial charge in [-0.1, -0.05) is 19.1 Å². The summed E-state index contributed by atoms with van der Waals surface area (Å²) in [6, 6.07) is 7.43. The summed E-state index contributed by atoms with van der Waals surface area (Å²) in [4.78, 5) is 16.1. The molecule has 1 aromatic carbocycles. The number of aromatic nitrogens is 1. The van der Waals surface area contributed by atoms with E-state index in [9.17, 15) is 13.2 Å². The van der Waals surface area contributed by atoms with E-state index in [-0.39, 0.29) is 22.2 Å². The molecule has 4 N–H and O–H groups in total. The molecule has 1 aromatic heterocycles. The number of benzene rings is 1. The predicted molar refractivity (Wildman–Crippen MR) is 93.1 cm³/mol. The number of rotatable bonds is 6. The maximum absolute atomic E-state index is 12.6. The number of nitrogens with zero attached hydrogens (tertiary/aromatic N) is 1. The van der Waals surface area contributed by atoms with E-state index in [2.05, 4.69) is 15.0 Å². The second-order valence-corrected chi connectivity index (χ2v) is 7.04. The van der Waals surface area contributed by atoms with Gasteiger partial charge in [-0.3, -0.25) is 14.5 Å². The number of hydrogen-bond donors (Lipinski definition) is 3. The van der Waals surface area contributed by atoms with Gasteiger partial charge in [0.15, 0.2) is 0 Å². The lowest BCUT2D eigenvalue weighted by atomic mass is 10.2. The topological polar surface area (TPSA) is 114 Å². The third kappa shape index (κ3) is 4.23. The summed E-state index contributed by atoms with van der Waals surface area (Å²) in [7, 11) is -3.95. The highest BCUT2D eigenvalue weighted by Gasteiger charge is 2.23. The van der Waals surface area contributed by atoms with Crippen LogP contribution in [0.25, 0.3) is 0 Å². The molecule has 2 rings (SSSR count). The van der Waals surface area contributed by atoms with E-state index in [1.807, 2.05) is 13.8 Å². The Bertz CT molecular complexity index is 837. The SMILES string of the molecule is CCC(C)NC(=O)c1ccccc1S(=O)(=O)Nc1cncc(N)c1. The number of sulfonamides is 1. The van der Waals surface area contributed by atoms with Crippen LogP contribution >= 0.6 is 0 Å². The van der Waals surface area contributed by atoms with Gasteiger partial charge in [-0.05, 0) is 31.5 Å². The molecule has 0 saturated carbocycles. The first-order valence-corrected chi connectivity index (χ1v) is 8.95. The van der Waals surface area contributed by atoms with Crippen LogP contribution in [0.3, 0.4) is 0 Å². The molecule has 1 atom stereocenters. The van der Waals surface area contributed by atoms with Gasteiger partial charge in [-0.2, -0.15) is 0 Å². The first-order valence-electron chi connectivity index (χ1n) is 7.46. The van der Waals surface area contributed by atoms with E-state index in [1.54, 1.807) is 12.1 Å². The van der Waals surface area contributed by atoms with Gasteiger partial charge in [-0.15, -0.1) is 0 Å². The Kier molecular flexibility index (Phi) is 5.40. The van der Waals surface area contributed by atoms with Crippen LogP contribution in [0.2, 0.25) is 0 Å². The minimum Gasteiger partial charge on any atom is -0.397 e. The molecule has 1 unspecified atom stereocenters. The van der Waals surface area contributed by atoms with Gasteiger partial charge in [0.25, 0.3) is 15.9 Å². The number of nitrogens with one attached hydrogen (secondary N) is 2. The van der Waals surface area contributed by atoms with Crippen LogP contribution in [0, 0.1) is 0 Å². The average molecular weight is 348 g/mol. The number of anilines is 2. The summed E-state index contributed by atoms with van der Waals surface area (Å²) in [6.07, 6.45) is 3.49. The number of carbonyl (C=O) groups excluding carboxylic acids is 1. The van der Waals surface area contributed by atoms with Crippen LogP contribution in [0.1, 0.15) is 30.6 Å². The monoisotopic (exact) mass is 348 g/mol. The minimum absolute atomic E-state index is 0.0562. The highest BCUT2D eigenvalue weighted by atomic mass is 32.2. The molecule has 0 saturated heterocycles. The Morgan fingerprint density at radius 2 is 2.00 bits per heavy atom. The summed E-state index contributed by atoms with van der Waals surface area (Å²) in [5.41, 5.74) is 6.25. The lowest BCUT2D eigenvalue weighted by molar-refractivity contribution is 0.0936. The number of pyridine rings is 1. The van der Waals surface area contributed by atoms with Crippen molar-refractivity contribution in [1.82, 2.24) is 10.3 Å². The van der Waals surface area contributed by atoms with Gasteiger partial charge < -0.3 is 11.1 Å². The molecule has 24 heavy (non-hydrogen) atoms. The molecule has 0 aliphatic rings. The van der Waals surface area contributed by atoms with Crippen molar-refractivity contribution in [3.8, 4) is 0 Å². The van der Waals surface area contributed by atoms with Crippen molar-refractivity contribution in [3.05, 3.63) is 48.3 Å². The fourth-order valence-corrected chi connectivity index (χ4v) is 3.26. The Hall–Kier alpha value is -2.61. The molecule has 0 bridgehead atoms. The molecule has 0 spiro atoms. The largest absolute Gasteiger partial charge is 0.397 e. The van der Waals surface area contributed by atoms with Crippen LogP contribution in [0.5, 0.6) is 0 Å². The average Bonchev–Trinajstić information content (AvgIpc) is 2.54. The Morgan fingerprint density at radius 1 is 1.29 bits per heavy atom. The van der Waals surface area contributed by atoms with Gasteiger partial charge in [-0.25, -0.2) is 8.42 Å². The molecular weight excluding hydrogens is 328 g/mol. The van der Waals surface area contributed by atoms with E-state index < -0.39 is 15.9 Å². The predicted octanol–water partition coefficient (Wildman–Crippen LogP) is 1.99. The lowest BCUT2D eigenvalue weighted by Gasteiger charge is -2.15. The summed E-state index contributed by atoms with van der Waals surface area (Å²) < 4.78 is 27.7. The van der Waals surface area contributed by atoms with Crippen LogP contribution in [-0.4, -0.2) is 25.4 Å². The molecule has 128 valence electrons. The normalized spacial score (nSPS) is 12.4. The fourth-order valence-electron chi connectivity index (χ4n) is 2.02. The third-order valence-electron chi connectivity index (χ3n) is 3.42. The van der Waals surface area contributed by atoms with Gasteiger partial charge in [0, 0.05) is 12.2 Å². The first kappa shape index (κ1) is 17.7. The maximum atomic E-state index is 12.6. The molecule has 2 aromatic rings. The quantitative estimate of drug-likeness (QED) is 0.738. The van der Waals surface area contributed by atoms with E-state index in [1.165, 1.54) is 30.6 Å². The Labute approximate surface area is 141 Å². The summed E-state index contributed by atoms with van der Waals surface area (Å²) >= 11 is 0. The molecule has 1 amide bonds. The zero-order chi connectivity index (χ0) is 17.7. The van der Waals surface area contributed by atoms with Crippen molar-refractivity contribution in [2.24, 2.45) is 0 Å². The maximum Gasteiger partial charge on any atom is 0.262 e. The van der Waals surface area contributed by atoms with Crippen molar-refractivity contribution in [1.29, 1.82) is 0 Å². The number of hydrogen-bond acceptors (Lipinski definition) is 5. The second kappa shape index (κ2) is 7.31. The van der Waals surface area contributed by atoms with Crippen molar-refractivity contribution in [3.63, 3.8) is 0 Å². The highest BCUT2D eigenvalue weighted by Crippen LogP contribution is 2.20. The zero-order valence-corrected chi connectivity index (χ0v) is 14.3. The number of nitrogen functional groups attached to an aromatic ring is 1. The van der Waals surface area contributed by atoms with Gasteiger partial charge in [0.05, 0.1) is 23.1 Å². The zero-order valence-electron chi connectivity index (χ0n) is 13.5. The van der Waals surface area contributed by atoms with E-state index in [4.69, 9.17) is 5.73 Å². The van der Waals surface area contributed by atoms with Crippen molar-refractivity contribution in [2.45, 2.75) is 31.2 Å². The van der Waals surface area contributed by atoms with Crippen LogP contribution < -0.4 is 15.8 Å². The van der Waals surface area contributed by atoms with E-state index in [0.29, 0.717) is 5.69 Å². The standard InChI is InChI=1S/C16H20N4O3S/c1-3-11(2)19-16(21)14-6-4-5-7-15(14)24(22,23)20-13-8-12(17)9-18-10-13/h4-11,20H,3,17H2,1-2H3,(H,19,21). The Morgan fingerprint density at radius 3 is 2.67 bits per heavy atom. The van der Waals surface area contributed by atoms with Gasteiger partial charge in [0.2, 0.25) is 0 Å². The molecular formula is C16H20N4O3S. The molecule has 0 aliphatic carbocycles. The Balaban J connectivity index is 2.35. The lowest BCUT2D eigenvalue weighted by Crippen LogP contribution is -2.33. The van der Waals surface area contributed by atoms with Crippen LogP contribution in [0.4, 0.5) is 11.4 Å². The summed E-state index contributed by atoms with van der Waals surface area (Å²) in [5, 5.41) is 2.77. The molecule has 8 heteroatoms. The number of carbonyl (C=O) groups is 1. The third-order valence-corrected chi connectivity index (χ3v) is 4.86. The number of amides is 1. The second-order valence-electron chi connectivity index (χ2n) is 5.39. The molecule has 0 radical (unpaired) electrons. The summed E-state index contributed by atoms with van der Waals surface area (Å²) in [6.45, 7) is 3.79. The highest BCUT2D eigenvalue weighted by molar-refractivity contribution is 7.92. The van der Waals surface area contributed by atoms with Crippen LogP contribution in [-0.2, 0) is 10.0 Å². The van der Waals surface area contributed by atoms with E-state index in [0.717, 1.165) is 6.42 Å². The first-order chi connectivity index (χ1) is 11.3. The van der Waals surface area contributed by atoms with Crippen LogP contribution in [0.15, 0.2) is 47.6 Å². The van der Waals surface area contributed by atoms with Crippen molar-refractivity contribution in [2.75, 3.05) is 10.5 Å².